The number of aliphatic carboxylic acids is 2. The lowest BCUT2D eigenvalue weighted by Gasteiger charge is -2.41. The number of nitrogens with one attached hydrogen (secondary N) is 3. The first-order valence-corrected chi connectivity index (χ1v) is 16.8. The Labute approximate surface area is 267 Å². The zero-order valence-corrected chi connectivity index (χ0v) is 28.7. The SMILES string of the molecule is CC(C(=O)O)C(C(=O)NCCc1cnc[nH]1)C(C)(C)CC(C(=O)NCCC[N+](C)(C)CCCS(=O)(=O)[O-])C(C(=O)O)C(C)(C)C. The van der Waals surface area contributed by atoms with Gasteiger partial charge in [-0.05, 0) is 17.3 Å². The van der Waals surface area contributed by atoms with Gasteiger partial charge in [-0.2, -0.15) is 0 Å². The van der Waals surface area contributed by atoms with Crippen molar-refractivity contribution < 1.29 is 46.8 Å². The average Bonchev–Trinajstić information content (AvgIpc) is 3.37. The maximum atomic E-state index is 13.7. The lowest BCUT2D eigenvalue weighted by Crippen LogP contribution is -2.50. The first-order chi connectivity index (χ1) is 20.5. The Morgan fingerprint density at radius 1 is 0.956 bits per heavy atom. The van der Waals surface area contributed by atoms with Gasteiger partial charge in [-0.1, -0.05) is 41.5 Å². The molecule has 2 amide bonds. The molecule has 4 unspecified atom stereocenters. The van der Waals surface area contributed by atoms with E-state index >= 15 is 0 Å². The van der Waals surface area contributed by atoms with Crippen LogP contribution in [0.5, 0.6) is 0 Å². The highest BCUT2D eigenvalue weighted by Crippen LogP contribution is 2.44. The number of H-pyrrole nitrogens is 1. The molecular weight excluding hydrogens is 606 g/mol. The topological polar surface area (TPSA) is 219 Å². The molecule has 0 aliphatic rings. The number of nitrogens with zero attached hydrogens (tertiary/aromatic N) is 2. The number of aromatic amines is 1. The van der Waals surface area contributed by atoms with Crippen LogP contribution in [0.15, 0.2) is 12.5 Å². The van der Waals surface area contributed by atoms with E-state index in [1.54, 1.807) is 40.8 Å². The van der Waals surface area contributed by atoms with Crippen LogP contribution >= 0.6 is 0 Å². The van der Waals surface area contributed by atoms with Gasteiger partial charge in [-0.15, -0.1) is 0 Å². The van der Waals surface area contributed by atoms with Gasteiger partial charge >= 0.3 is 11.9 Å². The minimum absolute atomic E-state index is 0.0610. The average molecular weight is 660 g/mol. The standard InChI is InChI=1S/C30H53N5O9S/c1-20(27(38)39)23(26(37)33-13-11-21-18-31-19-34-21)30(5,6)17-22(24(28(40)41)29(2,3)4)25(36)32-12-9-14-35(7,8)15-10-16-45(42,43)44/h18-20,22-24H,9-17H2,1-8H3,(H5-,31,32,33,34,36,37,38,39,40,41,42,43,44). The molecule has 1 aromatic heterocycles. The summed E-state index contributed by atoms with van der Waals surface area (Å²) in [7, 11) is -0.530. The van der Waals surface area contributed by atoms with E-state index < -0.39 is 74.1 Å². The van der Waals surface area contributed by atoms with Crippen LogP contribution in [0, 0.1) is 34.5 Å². The summed E-state index contributed by atoms with van der Waals surface area (Å²) in [5.41, 5.74) is -1.15. The number of carbonyl (C=O) groups excluding carboxylic acids is 2. The molecule has 0 bridgehead atoms. The predicted molar refractivity (Wildman–Crippen MR) is 167 cm³/mol. The Morgan fingerprint density at radius 2 is 1.53 bits per heavy atom. The number of carbonyl (C=O) groups is 4. The lowest BCUT2D eigenvalue weighted by molar-refractivity contribution is -0.890. The van der Waals surface area contributed by atoms with E-state index in [0.29, 0.717) is 30.4 Å². The lowest BCUT2D eigenvalue weighted by atomic mass is 9.62. The number of imidazole rings is 1. The molecule has 0 fully saturated rings. The van der Waals surface area contributed by atoms with Crippen LogP contribution in [0.25, 0.3) is 0 Å². The van der Waals surface area contributed by atoms with Gasteiger partial charge < -0.3 is 34.9 Å². The van der Waals surface area contributed by atoms with Crippen molar-refractivity contribution in [3.05, 3.63) is 18.2 Å². The third-order valence-corrected chi connectivity index (χ3v) is 9.13. The zero-order chi connectivity index (χ0) is 34.8. The van der Waals surface area contributed by atoms with Gasteiger partial charge in [-0.3, -0.25) is 19.2 Å². The second kappa shape index (κ2) is 16.5. The number of rotatable bonds is 20. The molecule has 45 heavy (non-hydrogen) atoms. The van der Waals surface area contributed by atoms with Crippen molar-refractivity contribution in [3.63, 3.8) is 0 Å². The zero-order valence-electron chi connectivity index (χ0n) is 27.9. The molecule has 258 valence electrons. The molecule has 0 aliphatic heterocycles. The monoisotopic (exact) mass is 659 g/mol. The van der Waals surface area contributed by atoms with Crippen molar-refractivity contribution in [1.82, 2.24) is 20.6 Å². The van der Waals surface area contributed by atoms with Crippen LogP contribution in [0.3, 0.4) is 0 Å². The van der Waals surface area contributed by atoms with E-state index in [4.69, 9.17) is 0 Å². The van der Waals surface area contributed by atoms with Gasteiger partial charge in [0.1, 0.15) is 0 Å². The Balaban J connectivity index is 3.16. The molecule has 0 aromatic carbocycles. The van der Waals surface area contributed by atoms with Gasteiger partial charge in [0.2, 0.25) is 11.8 Å². The molecular formula is C30H53N5O9S. The van der Waals surface area contributed by atoms with E-state index in [0.717, 1.165) is 5.69 Å². The molecule has 0 radical (unpaired) electrons. The quantitative estimate of drug-likeness (QED) is 0.0775. The minimum Gasteiger partial charge on any atom is -0.748 e. The van der Waals surface area contributed by atoms with Crippen molar-refractivity contribution in [2.24, 2.45) is 34.5 Å². The van der Waals surface area contributed by atoms with Gasteiger partial charge in [0.05, 0.1) is 67.3 Å². The van der Waals surface area contributed by atoms with Crippen LogP contribution in [0.2, 0.25) is 0 Å². The number of quaternary nitrogens is 1. The largest absolute Gasteiger partial charge is 0.748 e. The number of carboxylic acid groups (broad SMARTS) is 2. The fraction of sp³-hybridized carbons (Fsp3) is 0.767. The van der Waals surface area contributed by atoms with Crippen molar-refractivity contribution in [2.75, 3.05) is 46.0 Å². The van der Waals surface area contributed by atoms with Crippen LogP contribution in [0.4, 0.5) is 0 Å². The maximum Gasteiger partial charge on any atom is 0.307 e. The second-order valence-electron chi connectivity index (χ2n) is 14.3. The van der Waals surface area contributed by atoms with Gasteiger partial charge in [0.15, 0.2) is 0 Å². The van der Waals surface area contributed by atoms with E-state index in [2.05, 4.69) is 20.6 Å². The summed E-state index contributed by atoms with van der Waals surface area (Å²) in [6.07, 6.45) is 4.24. The number of hydrogen-bond donors (Lipinski definition) is 5. The third-order valence-electron chi connectivity index (χ3n) is 8.34. The van der Waals surface area contributed by atoms with Crippen LogP contribution in [-0.2, 0) is 35.7 Å². The first kappa shape index (κ1) is 40.0. The second-order valence-corrected chi connectivity index (χ2v) is 15.9. The number of aromatic nitrogens is 2. The molecule has 5 N–H and O–H groups in total. The normalized spacial score (nSPS) is 15.5. The van der Waals surface area contributed by atoms with Crippen molar-refractivity contribution in [3.8, 4) is 0 Å². The Hall–Kier alpha value is -3.04. The summed E-state index contributed by atoms with van der Waals surface area (Å²) in [5, 5.41) is 25.8. The summed E-state index contributed by atoms with van der Waals surface area (Å²) >= 11 is 0. The molecule has 4 atom stereocenters. The Bertz CT molecular complexity index is 1240. The summed E-state index contributed by atoms with van der Waals surface area (Å²) in [5.74, 6) is -8.21. The van der Waals surface area contributed by atoms with Crippen LogP contribution < -0.4 is 10.6 Å². The Morgan fingerprint density at radius 3 is 2.02 bits per heavy atom. The molecule has 15 heteroatoms. The molecule has 0 saturated carbocycles. The minimum atomic E-state index is -4.30. The molecule has 1 aromatic rings. The summed E-state index contributed by atoms with van der Waals surface area (Å²) in [6, 6.07) is 0. The fourth-order valence-electron chi connectivity index (χ4n) is 6.09. The van der Waals surface area contributed by atoms with Gasteiger partial charge in [0, 0.05) is 50.0 Å². The highest BCUT2D eigenvalue weighted by atomic mass is 32.2. The summed E-state index contributed by atoms with van der Waals surface area (Å²) in [4.78, 5) is 58.8. The third kappa shape index (κ3) is 13.9. The summed E-state index contributed by atoms with van der Waals surface area (Å²) in [6.45, 7) is 11.4. The van der Waals surface area contributed by atoms with Crippen LogP contribution in [0.1, 0.15) is 66.5 Å². The molecule has 1 heterocycles. The van der Waals surface area contributed by atoms with E-state index in [-0.39, 0.29) is 25.9 Å². The van der Waals surface area contributed by atoms with E-state index in [1.165, 1.54) is 13.3 Å². The number of hydrogen-bond acceptors (Lipinski definition) is 8. The maximum absolute atomic E-state index is 13.7. The first-order valence-electron chi connectivity index (χ1n) is 15.2. The van der Waals surface area contributed by atoms with Crippen molar-refractivity contribution in [1.29, 1.82) is 0 Å². The van der Waals surface area contributed by atoms with E-state index in [9.17, 15) is 42.4 Å². The van der Waals surface area contributed by atoms with Gasteiger partial charge in [-0.25, -0.2) is 13.4 Å². The predicted octanol–water partition coefficient (Wildman–Crippen LogP) is 1.70. The van der Waals surface area contributed by atoms with Crippen molar-refractivity contribution >= 4 is 33.9 Å². The number of carboxylic acids is 2. The molecule has 0 aliphatic carbocycles. The van der Waals surface area contributed by atoms with E-state index in [1.807, 2.05) is 14.1 Å². The molecule has 0 saturated heterocycles. The van der Waals surface area contributed by atoms with Gasteiger partial charge in [0.25, 0.3) is 0 Å². The molecule has 0 spiro atoms. The van der Waals surface area contributed by atoms with Crippen molar-refractivity contribution in [2.45, 2.75) is 67.2 Å². The number of amides is 2. The Kier molecular flexibility index (Phi) is 14.7. The highest BCUT2D eigenvalue weighted by molar-refractivity contribution is 7.85. The fourth-order valence-corrected chi connectivity index (χ4v) is 6.57. The molecule has 14 nitrogen and oxygen atoms in total. The highest BCUT2D eigenvalue weighted by Gasteiger charge is 2.49. The smallest absolute Gasteiger partial charge is 0.307 e. The van der Waals surface area contributed by atoms with Crippen LogP contribution in [-0.4, -0.2) is 107 Å². The molecule has 1 rings (SSSR count). The summed E-state index contributed by atoms with van der Waals surface area (Å²) < 4.78 is 33.2.